The van der Waals surface area contributed by atoms with E-state index >= 15 is 0 Å². The smallest absolute Gasteiger partial charge is 0.111 e. The van der Waals surface area contributed by atoms with Crippen LogP contribution in [-0.2, 0) is 0 Å². The number of nitrogens with zero attached hydrogens (tertiary/aromatic N) is 3. The summed E-state index contributed by atoms with van der Waals surface area (Å²) in [5.41, 5.74) is 2.45. The maximum absolute atomic E-state index is 5.99. The van der Waals surface area contributed by atoms with Crippen molar-refractivity contribution in [1.82, 2.24) is 14.8 Å². The molecule has 2 heterocycles. The lowest BCUT2D eigenvalue weighted by molar-refractivity contribution is 0.882. The summed E-state index contributed by atoms with van der Waals surface area (Å²) in [6.07, 6.45) is 3.59. The Labute approximate surface area is 120 Å². The number of benzene rings is 1. The Hall–Kier alpha value is -1.84. The number of hydrogen-bond acceptors (Lipinski definition) is 2. The van der Waals surface area contributed by atoms with Gasteiger partial charge in [0.05, 0.1) is 11.4 Å². The lowest BCUT2D eigenvalue weighted by Gasteiger charge is -2.03. The van der Waals surface area contributed by atoms with Crippen molar-refractivity contribution in [2.75, 3.05) is 0 Å². The maximum Gasteiger partial charge on any atom is 0.111 e. The molecule has 0 radical (unpaired) electrons. The Morgan fingerprint density at radius 1 is 0.895 bits per heavy atom. The summed E-state index contributed by atoms with van der Waals surface area (Å²) < 4.78 is 1.72. The quantitative estimate of drug-likeness (QED) is 0.706. The Bertz CT molecular complexity index is 687. The topological polar surface area (TPSA) is 30.7 Å². The molecule has 0 saturated heterocycles. The highest BCUT2D eigenvalue weighted by Gasteiger charge is 2.06. The van der Waals surface area contributed by atoms with Crippen molar-refractivity contribution in [1.29, 1.82) is 0 Å². The molecule has 3 rings (SSSR count). The molecule has 0 bridgehead atoms. The molecular weight excluding hydrogens is 281 g/mol. The molecule has 0 N–H and O–H groups in total. The van der Waals surface area contributed by atoms with E-state index in [1.807, 2.05) is 42.6 Å². The van der Waals surface area contributed by atoms with E-state index in [4.69, 9.17) is 23.2 Å². The van der Waals surface area contributed by atoms with Crippen LogP contribution in [0.25, 0.3) is 17.1 Å². The van der Waals surface area contributed by atoms with Gasteiger partial charge in [0.15, 0.2) is 0 Å². The van der Waals surface area contributed by atoms with Crippen molar-refractivity contribution in [2.45, 2.75) is 0 Å². The first-order chi connectivity index (χ1) is 9.22. The van der Waals surface area contributed by atoms with Gasteiger partial charge in [0.1, 0.15) is 5.69 Å². The first-order valence-electron chi connectivity index (χ1n) is 5.66. The lowest BCUT2D eigenvalue weighted by Crippen LogP contribution is -1.95. The van der Waals surface area contributed by atoms with Gasteiger partial charge >= 0.3 is 0 Å². The average Bonchev–Trinajstić information content (AvgIpc) is 2.88. The second kappa shape index (κ2) is 5.03. The first kappa shape index (κ1) is 12.2. The fraction of sp³-hybridized carbons (Fsp3) is 0. The zero-order valence-corrected chi connectivity index (χ0v) is 11.3. The van der Waals surface area contributed by atoms with Crippen LogP contribution in [0, 0.1) is 0 Å². The van der Waals surface area contributed by atoms with Gasteiger partial charge in [-0.3, -0.25) is 4.98 Å². The number of pyridine rings is 1. The van der Waals surface area contributed by atoms with Crippen molar-refractivity contribution in [2.24, 2.45) is 0 Å². The van der Waals surface area contributed by atoms with Crippen LogP contribution in [0.1, 0.15) is 0 Å². The highest BCUT2D eigenvalue weighted by Crippen LogP contribution is 2.22. The van der Waals surface area contributed by atoms with Crippen LogP contribution >= 0.6 is 23.2 Å². The number of aromatic nitrogens is 3. The fourth-order valence-electron chi connectivity index (χ4n) is 1.79. The maximum atomic E-state index is 5.99. The Morgan fingerprint density at radius 2 is 1.68 bits per heavy atom. The van der Waals surface area contributed by atoms with Gasteiger partial charge in [-0.25, -0.2) is 4.68 Å². The van der Waals surface area contributed by atoms with Gasteiger partial charge in [-0.05, 0) is 36.4 Å². The Kier molecular flexibility index (Phi) is 3.23. The minimum atomic E-state index is 0.581. The van der Waals surface area contributed by atoms with Gasteiger partial charge in [0, 0.05) is 22.4 Å². The summed E-state index contributed by atoms with van der Waals surface area (Å²) in [7, 11) is 0. The van der Waals surface area contributed by atoms with E-state index in [-0.39, 0.29) is 0 Å². The second-order valence-corrected chi connectivity index (χ2v) is 4.86. The van der Waals surface area contributed by atoms with Gasteiger partial charge in [-0.1, -0.05) is 29.3 Å². The van der Waals surface area contributed by atoms with Crippen LogP contribution in [0.4, 0.5) is 0 Å². The predicted molar refractivity (Wildman–Crippen MR) is 76.8 cm³/mol. The van der Waals surface area contributed by atoms with Crippen LogP contribution in [0.3, 0.4) is 0 Å². The van der Waals surface area contributed by atoms with Gasteiger partial charge in [-0.15, -0.1) is 0 Å². The third kappa shape index (κ3) is 2.62. The molecule has 2 aromatic heterocycles. The van der Waals surface area contributed by atoms with E-state index in [1.165, 1.54) is 0 Å². The van der Waals surface area contributed by atoms with Gasteiger partial charge in [0.2, 0.25) is 0 Å². The van der Waals surface area contributed by atoms with Crippen molar-refractivity contribution >= 4 is 23.2 Å². The predicted octanol–water partition coefficient (Wildman–Crippen LogP) is 4.24. The third-order valence-corrected chi connectivity index (χ3v) is 3.06. The molecular formula is C14H9Cl2N3. The number of hydrogen-bond donors (Lipinski definition) is 0. The standard InChI is InChI=1S/C14H9Cl2N3/c15-10-7-11(16)9-12(8-10)19-6-4-14(18-19)13-3-1-2-5-17-13/h1-9H. The molecule has 1 aromatic carbocycles. The molecule has 19 heavy (non-hydrogen) atoms. The normalized spacial score (nSPS) is 10.6. The molecule has 0 aliphatic heterocycles. The minimum absolute atomic E-state index is 0.581. The van der Waals surface area contributed by atoms with E-state index in [1.54, 1.807) is 16.9 Å². The fourth-order valence-corrected chi connectivity index (χ4v) is 2.30. The SMILES string of the molecule is Clc1cc(Cl)cc(-n2ccc(-c3ccccn3)n2)c1. The summed E-state index contributed by atoms with van der Waals surface area (Å²) >= 11 is 12.0. The summed E-state index contributed by atoms with van der Waals surface area (Å²) in [6.45, 7) is 0. The van der Waals surface area contributed by atoms with Crippen molar-refractivity contribution in [3.8, 4) is 17.1 Å². The first-order valence-corrected chi connectivity index (χ1v) is 6.41. The van der Waals surface area contributed by atoms with Gasteiger partial charge < -0.3 is 0 Å². The monoisotopic (exact) mass is 289 g/mol. The summed E-state index contributed by atoms with van der Waals surface area (Å²) in [4.78, 5) is 4.26. The Morgan fingerprint density at radius 3 is 2.37 bits per heavy atom. The number of rotatable bonds is 2. The number of halogens is 2. The van der Waals surface area contributed by atoms with Crippen LogP contribution in [-0.4, -0.2) is 14.8 Å². The zero-order valence-electron chi connectivity index (χ0n) is 9.79. The van der Waals surface area contributed by atoms with Crippen molar-refractivity contribution in [3.63, 3.8) is 0 Å². The second-order valence-electron chi connectivity index (χ2n) is 3.99. The molecule has 0 aliphatic carbocycles. The van der Waals surface area contributed by atoms with E-state index in [0.717, 1.165) is 17.1 Å². The van der Waals surface area contributed by atoms with E-state index in [0.29, 0.717) is 10.0 Å². The van der Waals surface area contributed by atoms with Crippen LogP contribution in [0.15, 0.2) is 54.9 Å². The molecule has 0 saturated carbocycles. The van der Waals surface area contributed by atoms with Gasteiger partial charge in [-0.2, -0.15) is 5.10 Å². The molecule has 0 atom stereocenters. The summed E-state index contributed by atoms with van der Waals surface area (Å²) in [5, 5.41) is 5.63. The van der Waals surface area contributed by atoms with Crippen LogP contribution in [0.5, 0.6) is 0 Å². The molecule has 0 fully saturated rings. The van der Waals surface area contributed by atoms with Gasteiger partial charge in [0.25, 0.3) is 0 Å². The van der Waals surface area contributed by atoms with Crippen molar-refractivity contribution < 1.29 is 0 Å². The third-order valence-electron chi connectivity index (χ3n) is 2.63. The zero-order chi connectivity index (χ0) is 13.2. The molecule has 0 amide bonds. The highest BCUT2D eigenvalue weighted by molar-refractivity contribution is 6.34. The summed E-state index contributed by atoms with van der Waals surface area (Å²) in [5.74, 6) is 0. The van der Waals surface area contributed by atoms with E-state index < -0.39 is 0 Å². The lowest BCUT2D eigenvalue weighted by atomic mass is 10.3. The molecule has 94 valence electrons. The van der Waals surface area contributed by atoms with Crippen LogP contribution < -0.4 is 0 Å². The molecule has 3 aromatic rings. The van der Waals surface area contributed by atoms with Crippen LogP contribution in [0.2, 0.25) is 10.0 Å². The molecule has 0 unspecified atom stereocenters. The minimum Gasteiger partial charge on any atom is -0.255 e. The van der Waals surface area contributed by atoms with E-state index in [9.17, 15) is 0 Å². The largest absolute Gasteiger partial charge is 0.255 e. The van der Waals surface area contributed by atoms with Crippen molar-refractivity contribution in [3.05, 3.63) is 64.9 Å². The molecule has 5 heteroatoms. The molecule has 0 spiro atoms. The average molecular weight is 290 g/mol. The molecule has 0 aliphatic rings. The highest BCUT2D eigenvalue weighted by atomic mass is 35.5. The summed E-state index contributed by atoms with van der Waals surface area (Å²) in [6, 6.07) is 12.9. The Balaban J connectivity index is 2.02. The van der Waals surface area contributed by atoms with E-state index in [2.05, 4.69) is 10.1 Å². The molecule has 3 nitrogen and oxygen atoms in total.